The van der Waals surface area contributed by atoms with Crippen LogP contribution in [0.1, 0.15) is 51.9 Å². The fourth-order valence-corrected chi connectivity index (χ4v) is 1.39. The first kappa shape index (κ1) is 13.4. The third-order valence-corrected chi connectivity index (χ3v) is 2.12. The Morgan fingerprint density at radius 1 is 1.14 bits per heavy atom. The van der Waals surface area contributed by atoms with Crippen molar-refractivity contribution < 1.29 is 14.6 Å². The lowest BCUT2D eigenvalue weighted by Crippen LogP contribution is -2.05. The van der Waals surface area contributed by atoms with E-state index in [0.29, 0.717) is 6.61 Å². The topological polar surface area (TPSA) is 46.5 Å². The van der Waals surface area contributed by atoms with Crippen LogP contribution in [0.3, 0.4) is 0 Å². The third kappa shape index (κ3) is 9.52. The van der Waals surface area contributed by atoms with E-state index in [4.69, 9.17) is 5.11 Å². The molecule has 0 aromatic rings. The molecule has 0 heterocycles. The van der Waals surface area contributed by atoms with Crippen LogP contribution >= 0.6 is 0 Å². The summed E-state index contributed by atoms with van der Waals surface area (Å²) in [5.74, 6) is -0.338. The molecule has 0 aromatic carbocycles. The van der Waals surface area contributed by atoms with Gasteiger partial charge < -0.3 is 9.84 Å². The van der Waals surface area contributed by atoms with E-state index in [1.807, 2.05) is 0 Å². The Balaban J connectivity index is 0.000000249. The predicted molar refractivity (Wildman–Crippen MR) is 56.0 cm³/mol. The number of carbonyl (C=O) groups is 1. The van der Waals surface area contributed by atoms with E-state index in [0.717, 1.165) is 0 Å². The van der Waals surface area contributed by atoms with Crippen LogP contribution in [0.25, 0.3) is 0 Å². The highest BCUT2D eigenvalue weighted by Gasteiger charge is 1.96. The van der Waals surface area contributed by atoms with Crippen molar-refractivity contribution in [2.24, 2.45) is 0 Å². The molecule has 1 fully saturated rings. The minimum Gasteiger partial charge on any atom is -0.466 e. The van der Waals surface area contributed by atoms with E-state index < -0.39 is 0 Å². The number of aliphatic hydroxyl groups is 1. The van der Waals surface area contributed by atoms with E-state index in [1.165, 1.54) is 38.5 Å². The molecule has 0 atom stereocenters. The van der Waals surface area contributed by atoms with Crippen LogP contribution in [-0.2, 0) is 9.53 Å². The van der Waals surface area contributed by atoms with Crippen LogP contribution in [0, 0.1) is 0 Å². The van der Waals surface area contributed by atoms with E-state index in [9.17, 15) is 4.79 Å². The summed E-state index contributed by atoms with van der Waals surface area (Å²) in [6.07, 6.45) is 9.10. The normalized spacial score (nSPS) is 15.3. The number of hydrogen-bond acceptors (Lipinski definition) is 3. The van der Waals surface area contributed by atoms with Gasteiger partial charge in [0.1, 0.15) is 0 Å². The summed E-state index contributed by atoms with van der Waals surface area (Å²) >= 11 is 0. The second kappa shape index (κ2) is 10.5. The van der Waals surface area contributed by atoms with E-state index in [-0.39, 0.29) is 19.0 Å². The van der Waals surface area contributed by atoms with Crippen LogP contribution in [0.5, 0.6) is 0 Å². The maximum Gasteiger partial charge on any atom is 0.308 e. The smallest absolute Gasteiger partial charge is 0.308 e. The lowest BCUT2D eigenvalue weighted by molar-refractivity contribution is -0.143. The molecule has 0 aromatic heterocycles. The molecule has 1 saturated carbocycles. The fourth-order valence-electron chi connectivity index (χ4n) is 1.39. The molecule has 0 saturated heterocycles. The Labute approximate surface area is 86.5 Å². The molecule has 0 unspecified atom stereocenters. The Hall–Kier alpha value is -0.570. The highest BCUT2D eigenvalue weighted by Crippen LogP contribution is 2.15. The monoisotopic (exact) mass is 202 g/mol. The van der Waals surface area contributed by atoms with Crippen LogP contribution < -0.4 is 0 Å². The largest absolute Gasteiger partial charge is 0.466 e. The molecule has 1 rings (SSSR count). The van der Waals surface area contributed by atoms with Gasteiger partial charge >= 0.3 is 5.97 Å². The first-order valence-corrected chi connectivity index (χ1v) is 5.57. The lowest BCUT2D eigenvalue weighted by atomic mass is 10.0. The molecule has 0 bridgehead atoms. The predicted octanol–water partition coefficient (Wildman–Crippen LogP) is 2.27. The molecule has 1 aliphatic rings. The third-order valence-electron chi connectivity index (χ3n) is 2.12. The maximum atomic E-state index is 10.3. The molecule has 1 aliphatic carbocycles. The number of ether oxygens (including phenoxy) is 1. The van der Waals surface area contributed by atoms with Crippen LogP contribution in [0.4, 0.5) is 0 Å². The molecular formula is C11H22O3. The lowest BCUT2D eigenvalue weighted by Gasteiger charge is -2.05. The summed E-state index contributed by atoms with van der Waals surface area (Å²) in [5, 5.41) is 8.16. The maximum absolute atomic E-state index is 10.3. The summed E-state index contributed by atoms with van der Waals surface area (Å²) < 4.78 is 4.48. The van der Waals surface area contributed by atoms with Gasteiger partial charge in [-0.25, -0.2) is 0 Å². The van der Waals surface area contributed by atoms with Crippen molar-refractivity contribution in [1.82, 2.24) is 0 Å². The molecule has 0 spiro atoms. The Morgan fingerprint density at radius 3 is 1.86 bits per heavy atom. The second-order valence-corrected chi connectivity index (χ2v) is 3.40. The molecule has 3 nitrogen and oxygen atoms in total. The summed E-state index contributed by atoms with van der Waals surface area (Å²) in [6.45, 7) is 1.99. The zero-order valence-corrected chi connectivity index (χ0v) is 9.13. The zero-order chi connectivity index (χ0) is 10.6. The standard InChI is InChI=1S/C6H12.C5H10O3/c1-2-4-6-5-3-1;1-2-8-5(7)3-4-6/h1-6H2;6H,2-4H2,1H3. The van der Waals surface area contributed by atoms with Crippen molar-refractivity contribution in [3.63, 3.8) is 0 Å². The van der Waals surface area contributed by atoms with E-state index >= 15 is 0 Å². The van der Waals surface area contributed by atoms with Gasteiger partial charge in [0.25, 0.3) is 0 Å². The molecule has 1 N–H and O–H groups in total. The van der Waals surface area contributed by atoms with Gasteiger partial charge in [0.05, 0.1) is 19.6 Å². The summed E-state index contributed by atoms with van der Waals surface area (Å²) in [5.41, 5.74) is 0. The van der Waals surface area contributed by atoms with E-state index in [2.05, 4.69) is 4.74 Å². The van der Waals surface area contributed by atoms with Gasteiger partial charge in [-0.05, 0) is 6.92 Å². The van der Waals surface area contributed by atoms with Gasteiger partial charge in [0.2, 0.25) is 0 Å². The highest BCUT2D eigenvalue weighted by molar-refractivity contribution is 5.69. The van der Waals surface area contributed by atoms with Gasteiger partial charge in [-0.2, -0.15) is 0 Å². The quantitative estimate of drug-likeness (QED) is 0.714. The minimum absolute atomic E-state index is 0.105. The first-order valence-electron chi connectivity index (χ1n) is 5.57. The van der Waals surface area contributed by atoms with Crippen molar-refractivity contribution in [3.8, 4) is 0 Å². The SMILES string of the molecule is C1CCCCC1.CCOC(=O)CCO. The van der Waals surface area contributed by atoms with Gasteiger partial charge in [-0.1, -0.05) is 38.5 Å². The summed E-state index contributed by atoms with van der Waals surface area (Å²) in [6, 6.07) is 0. The fraction of sp³-hybridized carbons (Fsp3) is 0.909. The molecule has 0 radical (unpaired) electrons. The van der Waals surface area contributed by atoms with Crippen molar-refractivity contribution in [3.05, 3.63) is 0 Å². The Bertz CT molecular complexity index is 111. The summed E-state index contributed by atoms with van der Waals surface area (Å²) in [4.78, 5) is 10.3. The molecule has 3 heteroatoms. The average Bonchev–Trinajstić information content (AvgIpc) is 2.22. The van der Waals surface area contributed by atoms with Crippen molar-refractivity contribution >= 4 is 5.97 Å². The van der Waals surface area contributed by atoms with Gasteiger partial charge in [0.15, 0.2) is 0 Å². The van der Waals surface area contributed by atoms with Crippen molar-refractivity contribution in [2.75, 3.05) is 13.2 Å². The number of rotatable bonds is 3. The van der Waals surface area contributed by atoms with Gasteiger partial charge in [0, 0.05) is 0 Å². The minimum atomic E-state index is -0.338. The number of carbonyl (C=O) groups excluding carboxylic acids is 1. The molecule has 14 heavy (non-hydrogen) atoms. The Kier molecular flexibility index (Phi) is 10.1. The van der Waals surface area contributed by atoms with Gasteiger partial charge in [-0.3, -0.25) is 4.79 Å². The van der Waals surface area contributed by atoms with Gasteiger partial charge in [-0.15, -0.1) is 0 Å². The second-order valence-electron chi connectivity index (χ2n) is 3.40. The van der Waals surface area contributed by atoms with Crippen LogP contribution in [0.2, 0.25) is 0 Å². The zero-order valence-electron chi connectivity index (χ0n) is 9.13. The van der Waals surface area contributed by atoms with E-state index in [1.54, 1.807) is 6.92 Å². The molecule has 84 valence electrons. The van der Waals surface area contributed by atoms with Crippen molar-refractivity contribution in [2.45, 2.75) is 51.9 Å². The number of esters is 1. The molecule has 0 aliphatic heterocycles. The average molecular weight is 202 g/mol. The van der Waals surface area contributed by atoms with Crippen molar-refractivity contribution in [1.29, 1.82) is 0 Å². The van der Waals surface area contributed by atoms with Crippen LogP contribution in [-0.4, -0.2) is 24.3 Å². The molecular weight excluding hydrogens is 180 g/mol. The number of aliphatic hydroxyl groups excluding tert-OH is 1. The first-order chi connectivity index (χ1) is 6.81. The highest BCUT2D eigenvalue weighted by atomic mass is 16.5. The Morgan fingerprint density at radius 2 is 1.57 bits per heavy atom. The summed E-state index contributed by atoms with van der Waals surface area (Å²) in [7, 11) is 0. The van der Waals surface area contributed by atoms with Crippen LogP contribution in [0.15, 0.2) is 0 Å². The molecule has 0 amide bonds. The number of hydrogen-bond donors (Lipinski definition) is 1.